The van der Waals surface area contributed by atoms with Crippen LogP contribution in [-0.4, -0.2) is 50.0 Å². The molecule has 16 heavy (non-hydrogen) atoms. The first-order valence-electron chi connectivity index (χ1n) is 6.15. The van der Waals surface area contributed by atoms with Gasteiger partial charge in [0, 0.05) is 24.4 Å². The average Bonchev–Trinajstić information content (AvgIpc) is 2.41. The van der Waals surface area contributed by atoms with Crippen molar-refractivity contribution in [2.24, 2.45) is 5.73 Å². The molecule has 94 valence electrons. The summed E-state index contributed by atoms with van der Waals surface area (Å²) in [4.78, 5) is 2.49. The Morgan fingerprint density at radius 2 is 1.81 bits per heavy atom. The highest BCUT2D eigenvalue weighted by Gasteiger charge is 2.38. The Bertz CT molecular complexity index is 328. The third kappa shape index (κ3) is 2.96. The Balaban J connectivity index is 1.83. The monoisotopic (exact) mass is 246 g/mol. The first-order chi connectivity index (χ1) is 7.46. The van der Waals surface area contributed by atoms with Gasteiger partial charge in [0.25, 0.3) is 0 Å². The molecule has 0 radical (unpaired) electrons. The molecule has 0 amide bonds. The van der Waals surface area contributed by atoms with Crippen molar-refractivity contribution < 1.29 is 8.42 Å². The fourth-order valence-electron chi connectivity index (χ4n) is 3.19. The predicted octanol–water partition coefficient (Wildman–Crippen LogP) is 0.375. The van der Waals surface area contributed by atoms with E-state index in [1.807, 2.05) is 0 Å². The second-order valence-electron chi connectivity index (χ2n) is 5.34. The molecule has 0 aromatic heterocycles. The van der Waals surface area contributed by atoms with Crippen molar-refractivity contribution in [1.29, 1.82) is 0 Å². The first kappa shape index (κ1) is 12.3. The third-order valence-corrected chi connectivity index (χ3v) is 4.88. The van der Waals surface area contributed by atoms with E-state index in [9.17, 15) is 8.42 Å². The number of nitrogens with two attached hydrogens (primary N) is 1. The van der Waals surface area contributed by atoms with Gasteiger partial charge >= 0.3 is 0 Å². The van der Waals surface area contributed by atoms with Gasteiger partial charge in [0.2, 0.25) is 0 Å². The van der Waals surface area contributed by atoms with E-state index < -0.39 is 9.84 Å². The van der Waals surface area contributed by atoms with Crippen LogP contribution in [0.25, 0.3) is 0 Å². The van der Waals surface area contributed by atoms with Crippen LogP contribution in [0.2, 0.25) is 0 Å². The van der Waals surface area contributed by atoms with Gasteiger partial charge in [-0.05, 0) is 38.6 Å². The van der Waals surface area contributed by atoms with Crippen molar-refractivity contribution in [3.05, 3.63) is 0 Å². The van der Waals surface area contributed by atoms with Crippen molar-refractivity contribution >= 4 is 9.84 Å². The molecule has 2 aliphatic rings. The quantitative estimate of drug-likeness (QED) is 0.778. The standard InChI is InChI=1S/C11H22N2O2S/c1-16(14,15)6-2-5-13-10-3-4-11(13)8-9(12)7-10/h9-11H,2-8,12H2,1H3. The molecule has 2 rings (SSSR count). The maximum atomic E-state index is 11.1. The summed E-state index contributed by atoms with van der Waals surface area (Å²) in [6, 6.07) is 1.60. The summed E-state index contributed by atoms with van der Waals surface area (Å²) < 4.78 is 22.1. The number of rotatable bonds is 4. The maximum absolute atomic E-state index is 11.1. The molecule has 2 N–H and O–H groups in total. The van der Waals surface area contributed by atoms with Crippen LogP contribution in [0.5, 0.6) is 0 Å². The Kier molecular flexibility index (Phi) is 3.56. The third-order valence-electron chi connectivity index (χ3n) is 3.85. The van der Waals surface area contributed by atoms with Gasteiger partial charge in [-0.25, -0.2) is 8.42 Å². The van der Waals surface area contributed by atoms with Crippen molar-refractivity contribution in [3.63, 3.8) is 0 Å². The van der Waals surface area contributed by atoms with Crippen LogP contribution in [0.15, 0.2) is 0 Å². The second kappa shape index (κ2) is 4.63. The van der Waals surface area contributed by atoms with E-state index in [0.29, 0.717) is 23.9 Å². The zero-order valence-electron chi connectivity index (χ0n) is 9.93. The topological polar surface area (TPSA) is 63.4 Å². The lowest BCUT2D eigenvalue weighted by molar-refractivity contribution is 0.128. The van der Waals surface area contributed by atoms with Gasteiger partial charge in [0.1, 0.15) is 9.84 Å². The minimum Gasteiger partial charge on any atom is -0.328 e. The van der Waals surface area contributed by atoms with Crippen molar-refractivity contribution in [2.45, 2.75) is 50.2 Å². The summed E-state index contributed by atoms with van der Waals surface area (Å²) in [7, 11) is -2.80. The van der Waals surface area contributed by atoms with Crippen LogP contribution in [0, 0.1) is 0 Å². The first-order valence-corrected chi connectivity index (χ1v) is 8.21. The number of sulfone groups is 1. The summed E-state index contributed by atoms with van der Waals surface area (Å²) in [6.45, 7) is 0.926. The van der Waals surface area contributed by atoms with E-state index in [1.165, 1.54) is 19.1 Å². The van der Waals surface area contributed by atoms with E-state index in [1.54, 1.807) is 0 Å². The lowest BCUT2D eigenvalue weighted by Gasteiger charge is -2.37. The number of nitrogens with zero attached hydrogens (tertiary/aromatic N) is 1. The average molecular weight is 246 g/mol. The summed E-state index contributed by atoms with van der Waals surface area (Å²) in [6.07, 6.45) is 6.76. The largest absolute Gasteiger partial charge is 0.328 e. The molecule has 0 aliphatic carbocycles. The van der Waals surface area contributed by atoms with Gasteiger partial charge in [-0.15, -0.1) is 0 Å². The second-order valence-corrected chi connectivity index (χ2v) is 7.60. The molecule has 4 nitrogen and oxygen atoms in total. The van der Waals surface area contributed by atoms with E-state index in [0.717, 1.165) is 25.8 Å². The molecule has 0 aromatic carbocycles. The van der Waals surface area contributed by atoms with Crippen LogP contribution in [0.3, 0.4) is 0 Å². The van der Waals surface area contributed by atoms with Crippen LogP contribution in [0.4, 0.5) is 0 Å². The highest BCUT2D eigenvalue weighted by Crippen LogP contribution is 2.34. The van der Waals surface area contributed by atoms with Gasteiger partial charge < -0.3 is 5.73 Å². The summed E-state index contributed by atoms with van der Waals surface area (Å²) >= 11 is 0. The summed E-state index contributed by atoms with van der Waals surface area (Å²) in [5.41, 5.74) is 5.99. The van der Waals surface area contributed by atoms with Gasteiger partial charge in [-0.1, -0.05) is 0 Å². The normalized spacial score (nSPS) is 35.5. The summed E-state index contributed by atoms with van der Waals surface area (Å²) in [5.74, 6) is 0.314. The maximum Gasteiger partial charge on any atom is 0.147 e. The lowest BCUT2D eigenvalue weighted by atomic mass is 9.98. The summed E-state index contributed by atoms with van der Waals surface area (Å²) in [5, 5.41) is 0. The highest BCUT2D eigenvalue weighted by molar-refractivity contribution is 7.90. The number of hydrogen-bond donors (Lipinski definition) is 1. The Morgan fingerprint density at radius 3 is 2.31 bits per heavy atom. The SMILES string of the molecule is CS(=O)(=O)CCCN1C2CCC1CC(N)C2. The molecule has 2 unspecified atom stereocenters. The van der Waals surface area contributed by atoms with Crippen molar-refractivity contribution in [1.82, 2.24) is 4.90 Å². The highest BCUT2D eigenvalue weighted by atomic mass is 32.2. The molecule has 0 aromatic rings. The smallest absolute Gasteiger partial charge is 0.147 e. The zero-order chi connectivity index (χ0) is 11.8. The molecular weight excluding hydrogens is 224 g/mol. The predicted molar refractivity (Wildman–Crippen MR) is 65.1 cm³/mol. The molecule has 2 fully saturated rings. The molecule has 2 atom stereocenters. The van der Waals surface area contributed by atoms with E-state index in [-0.39, 0.29) is 0 Å². The van der Waals surface area contributed by atoms with E-state index in [2.05, 4.69) is 4.90 Å². The zero-order valence-corrected chi connectivity index (χ0v) is 10.7. The Labute approximate surface area is 98.1 Å². The Hall–Kier alpha value is -0.130. The minimum atomic E-state index is -2.80. The molecule has 5 heteroatoms. The molecule has 2 heterocycles. The van der Waals surface area contributed by atoms with Gasteiger partial charge in [0.05, 0.1) is 5.75 Å². The molecule has 2 aliphatic heterocycles. The lowest BCUT2D eigenvalue weighted by Crippen LogP contribution is -2.47. The van der Waals surface area contributed by atoms with Gasteiger partial charge in [-0.3, -0.25) is 4.90 Å². The molecule has 2 saturated heterocycles. The Morgan fingerprint density at radius 1 is 1.25 bits per heavy atom. The van der Waals surface area contributed by atoms with E-state index in [4.69, 9.17) is 5.73 Å². The molecular formula is C11H22N2O2S. The minimum absolute atomic E-state index is 0.314. The number of fused-ring (bicyclic) bond motifs is 2. The van der Waals surface area contributed by atoms with E-state index >= 15 is 0 Å². The van der Waals surface area contributed by atoms with Crippen LogP contribution in [0.1, 0.15) is 32.1 Å². The number of hydrogen-bond acceptors (Lipinski definition) is 4. The van der Waals surface area contributed by atoms with Crippen molar-refractivity contribution in [3.8, 4) is 0 Å². The van der Waals surface area contributed by atoms with Crippen LogP contribution < -0.4 is 5.73 Å². The van der Waals surface area contributed by atoms with Gasteiger partial charge in [0.15, 0.2) is 0 Å². The number of piperidine rings is 1. The van der Waals surface area contributed by atoms with Crippen LogP contribution in [-0.2, 0) is 9.84 Å². The fraction of sp³-hybridized carbons (Fsp3) is 1.00. The van der Waals surface area contributed by atoms with Gasteiger partial charge in [-0.2, -0.15) is 0 Å². The molecule has 2 bridgehead atoms. The van der Waals surface area contributed by atoms with Crippen molar-refractivity contribution in [2.75, 3.05) is 18.6 Å². The fourth-order valence-corrected chi connectivity index (χ4v) is 3.84. The van der Waals surface area contributed by atoms with Crippen LogP contribution >= 0.6 is 0 Å². The molecule has 0 spiro atoms. The molecule has 0 saturated carbocycles.